The first-order valence-corrected chi connectivity index (χ1v) is 10.3. The van der Waals surface area contributed by atoms with Crippen LogP contribution in [0.4, 0.5) is 0 Å². The molecule has 0 radical (unpaired) electrons. The zero-order chi connectivity index (χ0) is 18.9. The molecule has 3 rings (SSSR count). The second-order valence-corrected chi connectivity index (χ2v) is 8.75. The fourth-order valence-electron chi connectivity index (χ4n) is 2.79. The molecule has 0 unspecified atom stereocenters. The third kappa shape index (κ3) is 3.71. The van der Waals surface area contributed by atoms with E-state index < -0.39 is 16.0 Å². The Balaban J connectivity index is 1.75. The van der Waals surface area contributed by atoms with Crippen molar-refractivity contribution in [3.63, 3.8) is 0 Å². The van der Waals surface area contributed by atoms with Crippen LogP contribution in [0.25, 0.3) is 0 Å². The molecule has 0 aromatic carbocycles. The van der Waals surface area contributed by atoms with Crippen LogP contribution in [0.1, 0.15) is 27.5 Å². The topological polar surface area (TPSA) is 98.7 Å². The molecule has 1 aliphatic rings. The molecule has 2 aromatic heterocycles. The average molecular weight is 397 g/mol. The van der Waals surface area contributed by atoms with Gasteiger partial charge in [0.25, 0.3) is 0 Å². The standard InChI is InChI=1S/C16H19N3O5S2/c1-10-8-11(2)18-16(17-10)24-12-4-6-19(9-12)26(21,22)13-5-7-25-14(13)15(20)23-3/h5,7-8,12H,4,6,9H2,1-3H3/t12-/m0/s1. The molecule has 0 amide bonds. The molecule has 1 fully saturated rings. The van der Waals surface area contributed by atoms with Crippen LogP contribution in [0.3, 0.4) is 0 Å². The Hall–Kier alpha value is -2.04. The molecule has 0 aliphatic carbocycles. The zero-order valence-corrected chi connectivity index (χ0v) is 16.3. The van der Waals surface area contributed by atoms with E-state index in [2.05, 4.69) is 14.7 Å². The van der Waals surface area contributed by atoms with Crippen LogP contribution in [0.2, 0.25) is 0 Å². The van der Waals surface area contributed by atoms with E-state index in [0.717, 1.165) is 22.7 Å². The van der Waals surface area contributed by atoms with Crippen molar-refractivity contribution in [1.29, 1.82) is 0 Å². The molecule has 0 bridgehead atoms. The van der Waals surface area contributed by atoms with E-state index in [1.807, 2.05) is 19.9 Å². The van der Waals surface area contributed by atoms with Crippen molar-refractivity contribution in [2.75, 3.05) is 20.2 Å². The molecular formula is C16H19N3O5S2. The van der Waals surface area contributed by atoms with E-state index in [4.69, 9.17) is 4.74 Å². The highest BCUT2D eigenvalue weighted by Crippen LogP contribution is 2.29. The van der Waals surface area contributed by atoms with Crippen molar-refractivity contribution in [2.45, 2.75) is 31.3 Å². The van der Waals surface area contributed by atoms with Crippen molar-refractivity contribution in [3.8, 4) is 6.01 Å². The number of ether oxygens (including phenoxy) is 2. The summed E-state index contributed by atoms with van der Waals surface area (Å²) >= 11 is 1.04. The lowest BCUT2D eigenvalue weighted by Gasteiger charge is -2.17. The Kier molecular flexibility index (Phi) is 5.26. The predicted molar refractivity (Wildman–Crippen MR) is 95.0 cm³/mol. The first kappa shape index (κ1) is 18.7. The molecule has 0 spiro atoms. The number of sulfonamides is 1. The van der Waals surface area contributed by atoms with Crippen molar-refractivity contribution in [1.82, 2.24) is 14.3 Å². The van der Waals surface area contributed by atoms with Crippen molar-refractivity contribution < 1.29 is 22.7 Å². The van der Waals surface area contributed by atoms with E-state index in [0.29, 0.717) is 13.0 Å². The van der Waals surface area contributed by atoms with Crippen LogP contribution in [-0.2, 0) is 14.8 Å². The number of thiophene rings is 1. The van der Waals surface area contributed by atoms with Gasteiger partial charge in [-0.3, -0.25) is 0 Å². The van der Waals surface area contributed by atoms with Gasteiger partial charge in [-0.1, -0.05) is 0 Å². The quantitative estimate of drug-likeness (QED) is 0.709. The highest BCUT2D eigenvalue weighted by atomic mass is 32.2. The Morgan fingerprint density at radius 3 is 2.65 bits per heavy atom. The minimum Gasteiger partial charge on any atom is -0.465 e. The number of esters is 1. The molecule has 1 saturated heterocycles. The summed E-state index contributed by atoms with van der Waals surface area (Å²) in [4.78, 5) is 20.3. The third-order valence-electron chi connectivity index (χ3n) is 3.96. The first-order chi connectivity index (χ1) is 12.3. The second kappa shape index (κ2) is 7.29. The molecule has 8 nitrogen and oxygen atoms in total. The highest BCUT2D eigenvalue weighted by molar-refractivity contribution is 7.89. The van der Waals surface area contributed by atoms with Gasteiger partial charge in [-0.15, -0.1) is 11.3 Å². The third-order valence-corrected chi connectivity index (χ3v) is 6.89. The fourth-order valence-corrected chi connectivity index (χ4v) is 5.58. The maximum absolute atomic E-state index is 12.9. The van der Waals surface area contributed by atoms with E-state index in [9.17, 15) is 13.2 Å². The smallest absolute Gasteiger partial charge is 0.349 e. The lowest BCUT2D eigenvalue weighted by molar-refractivity contribution is 0.0602. The van der Waals surface area contributed by atoms with Gasteiger partial charge in [0.15, 0.2) is 0 Å². The van der Waals surface area contributed by atoms with Crippen LogP contribution in [-0.4, -0.2) is 55.0 Å². The van der Waals surface area contributed by atoms with Crippen LogP contribution in [0, 0.1) is 13.8 Å². The molecule has 0 saturated carbocycles. The summed E-state index contributed by atoms with van der Waals surface area (Å²) in [6.07, 6.45) is 0.180. The van der Waals surface area contributed by atoms with E-state index in [-0.39, 0.29) is 28.4 Å². The number of methoxy groups -OCH3 is 1. The summed E-state index contributed by atoms with van der Waals surface area (Å²) < 4.78 is 37.5. The molecule has 10 heteroatoms. The summed E-state index contributed by atoms with van der Waals surface area (Å²) in [5.74, 6) is -0.658. The maximum atomic E-state index is 12.9. The Bertz CT molecular complexity index is 905. The van der Waals surface area contributed by atoms with Gasteiger partial charge in [0.1, 0.15) is 15.9 Å². The Labute approximate surface area is 155 Å². The molecule has 26 heavy (non-hydrogen) atoms. The average Bonchev–Trinajstić information content (AvgIpc) is 3.22. The summed E-state index contributed by atoms with van der Waals surface area (Å²) in [5.41, 5.74) is 1.58. The van der Waals surface area contributed by atoms with Crippen molar-refractivity contribution in [2.24, 2.45) is 0 Å². The van der Waals surface area contributed by atoms with E-state index >= 15 is 0 Å². The van der Waals surface area contributed by atoms with Gasteiger partial charge in [0.05, 0.1) is 13.7 Å². The summed E-state index contributed by atoms with van der Waals surface area (Å²) in [6, 6.07) is 3.51. The SMILES string of the molecule is COC(=O)c1sccc1S(=O)(=O)N1CC[C@H](Oc2nc(C)cc(C)n2)C1. The lowest BCUT2D eigenvalue weighted by atomic mass is 10.3. The van der Waals surface area contributed by atoms with Crippen LogP contribution in [0.5, 0.6) is 6.01 Å². The molecule has 1 atom stereocenters. The predicted octanol–water partition coefficient (Wildman–Crippen LogP) is 1.78. The fraction of sp³-hybridized carbons (Fsp3) is 0.438. The Morgan fingerprint density at radius 1 is 1.31 bits per heavy atom. The van der Waals surface area contributed by atoms with E-state index in [1.54, 1.807) is 5.38 Å². The summed E-state index contributed by atoms with van der Waals surface area (Å²) in [6.45, 7) is 4.17. The monoisotopic (exact) mass is 397 g/mol. The maximum Gasteiger partial charge on any atom is 0.349 e. The minimum absolute atomic E-state index is 0.0300. The molecule has 3 heterocycles. The molecular weight excluding hydrogens is 378 g/mol. The van der Waals surface area contributed by atoms with Gasteiger partial charge in [0, 0.05) is 17.9 Å². The number of hydrogen-bond donors (Lipinski definition) is 0. The number of aryl methyl sites for hydroxylation is 2. The van der Waals surface area contributed by atoms with Gasteiger partial charge >= 0.3 is 12.0 Å². The van der Waals surface area contributed by atoms with Crippen LogP contribution >= 0.6 is 11.3 Å². The van der Waals surface area contributed by atoms with Gasteiger partial charge in [-0.2, -0.15) is 4.31 Å². The molecule has 1 aliphatic heterocycles. The van der Waals surface area contributed by atoms with Gasteiger partial charge in [-0.05, 0) is 37.8 Å². The first-order valence-electron chi connectivity index (χ1n) is 7.96. The number of aromatic nitrogens is 2. The normalized spacial score (nSPS) is 18.0. The molecule has 2 aromatic rings. The second-order valence-electron chi connectivity index (χ2n) is 5.93. The van der Waals surface area contributed by atoms with Crippen molar-refractivity contribution in [3.05, 3.63) is 33.8 Å². The van der Waals surface area contributed by atoms with Crippen LogP contribution < -0.4 is 4.74 Å². The summed E-state index contributed by atoms with van der Waals surface area (Å²) in [7, 11) is -2.58. The van der Waals surface area contributed by atoms with Gasteiger partial charge in [0.2, 0.25) is 10.0 Å². The molecule has 140 valence electrons. The Morgan fingerprint density at radius 2 is 2.00 bits per heavy atom. The zero-order valence-electron chi connectivity index (χ0n) is 14.6. The van der Waals surface area contributed by atoms with E-state index in [1.165, 1.54) is 17.5 Å². The number of hydrogen-bond acceptors (Lipinski definition) is 8. The lowest BCUT2D eigenvalue weighted by Crippen LogP contribution is -2.31. The number of nitrogens with zero attached hydrogens (tertiary/aromatic N) is 3. The van der Waals surface area contributed by atoms with Gasteiger partial charge < -0.3 is 9.47 Å². The van der Waals surface area contributed by atoms with Crippen molar-refractivity contribution >= 4 is 27.3 Å². The van der Waals surface area contributed by atoms with Gasteiger partial charge in [-0.25, -0.2) is 23.2 Å². The largest absolute Gasteiger partial charge is 0.465 e. The number of rotatable bonds is 5. The number of carbonyl (C=O) groups excluding carboxylic acids is 1. The van der Waals surface area contributed by atoms with Crippen LogP contribution in [0.15, 0.2) is 22.4 Å². The minimum atomic E-state index is -3.80. The molecule has 0 N–H and O–H groups in total. The highest BCUT2D eigenvalue weighted by Gasteiger charge is 2.36. The number of carbonyl (C=O) groups is 1. The summed E-state index contributed by atoms with van der Waals surface area (Å²) in [5, 5.41) is 1.56.